The molecule has 7 rings (SSSR count). The van der Waals surface area contributed by atoms with Crippen molar-refractivity contribution in [3.8, 4) is 0 Å². The van der Waals surface area contributed by atoms with Crippen LogP contribution in [0.2, 0.25) is 90.7 Å². The summed E-state index contributed by atoms with van der Waals surface area (Å²) in [7, 11) is -8.27. The molecule has 5 aromatic heterocycles. The largest absolute Gasteiger partial charge is 1.00 e. The number of carbonyl (C=O) groups is 5. The van der Waals surface area contributed by atoms with Crippen molar-refractivity contribution in [2.45, 2.75) is 338 Å². The summed E-state index contributed by atoms with van der Waals surface area (Å²) in [5.74, 6) is -1.91. The number of aliphatic imine (C=N–C) groups is 1. The predicted molar refractivity (Wildman–Crippen MR) is 629 cm³/mol. The molecule has 0 fully saturated rings. The maximum Gasteiger partial charge on any atom is 1.00 e. The summed E-state index contributed by atoms with van der Waals surface area (Å²) in [5, 5.41) is 10.2. The van der Waals surface area contributed by atoms with E-state index in [1.54, 1.807) is 53.0 Å². The van der Waals surface area contributed by atoms with Crippen molar-refractivity contribution < 1.29 is 111 Å². The number of fused-ring (bicyclic) bond motifs is 2. The van der Waals surface area contributed by atoms with Crippen LogP contribution in [-0.2, 0) is 83.4 Å². The van der Waals surface area contributed by atoms with Crippen LogP contribution >= 0.6 is 137 Å². The van der Waals surface area contributed by atoms with Crippen LogP contribution in [0.5, 0.6) is 0 Å². The number of carbonyl (C=O) groups excluding carboxylic acids is 6. The molecular weight excluding hydrogens is 2270 g/mol. The van der Waals surface area contributed by atoms with Crippen molar-refractivity contribution in [2.24, 2.45) is 16.5 Å². The number of hydrogen-bond acceptors (Lipinski definition) is 28. The molecule has 0 saturated carbocycles. The van der Waals surface area contributed by atoms with E-state index in [2.05, 4.69) is 242 Å². The van der Waals surface area contributed by atoms with Crippen LogP contribution in [-0.4, -0.2) is 192 Å². The minimum absolute atomic E-state index is 0. The molecular formula is C99H173Cl7IN8NaO21S3Si5. The van der Waals surface area contributed by atoms with Crippen LogP contribution in [0.3, 0.4) is 0 Å². The van der Waals surface area contributed by atoms with Gasteiger partial charge in [-0.25, -0.2) is 43.3 Å². The Morgan fingerprint density at radius 3 is 1.16 bits per heavy atom. The third-order valence-electron chi connectivity index (χ3n) is 23.6. The zero-order valence-corrected chi connectivity index (χ0v) is 107. The molecule has 0 aliphatic rings. The Hall–Kier alpha value is -3.69. The quantitative estimate of drug-likeness (QED) is 0.00288. The van der Waals surface area contributed by atoms with Gasteiger partial charge in [-0.2, -0.15) is 11.1 Å². The number of anilines is 1. The van der Waals surface area contributed by atoms with Gasteiger partial charge in [-0.1, -0.05) is 222 Å². The molecule has 0 bridgehead atoms. The van der Waals surface area contributed by atoms with E-state index in [4.69, 9.17) is 140 Å². The average molecular weight is 2450 g/mol. The molecule has 0 saturated heterocycles. The van der Waals surface area contributed by atoms with E-state index in [1.807, 2.05) is 30.3 Å². The number of nitrogens with zero attached hydrogens (tertiary/aromatic N) is 4. The number of H-pyrrole nitrogens is 1. The number of esters is 4. The minimum Gasteiger partial charge on any atom is -1.00 e. The number of thiophene rings is 3. The Labute approximate surface area is 953 Å². The van der Waals surface area contributed by atoms with Crippen molar-refractivity contribution in [1.29, 1.82) is 0 Å². The number of nitrogen functional groups attached to an aromatic ring is 1. The van der Waals surface area contributed by atoms with E-state index in [0.29, 0.717) is 121 Å². The number of aromatic nitrogens is 4. The fraction of sp³-hybridized carbons (Fsp3) is 0.657. The van der Waals surface area contributed by atoms with Crippen LogP contribution in [0, 0.1) is 20.8 Å². The summed E-state index contributed by atoms with van der Waals surface area (Å²) < 4.78 is 53.0. The second kappa shape index (κ2) is 71.4. The third-order valence-corrected chi connectivity index (χ3v) is 51.6. The number of nitrogens with two attached hydrogens (primary N) is 3. The molecule has 0 aliphatic carbocycles. The van der Waals surface area contributed by atoms with E-state index in [1.165, 1.54) is 31.6 Å². The van der Waals surface area contributed by atoms with E-state index >= 15 is 0 Å². The monoisotopic (exact) mass is 2440 g/mol. The molecule has 0 unspecified atom stereocenters. The summed E-state index contributed by atoms with van der Waals surface area (Å²) in [6, 6.07) is 20.5. The van der Waals surface area contributed by atoms with Crippen molar-refractivity contribution >= 4 is 239 Å². The van der Waals surface area contributed by atoms with Crippen LogP contribution in [0.25, 0.3) is 20.4 Å². The molecule has 0 spiro atoms. The molecule has 5 heterocycles. The van der Waals surface area contributed by atoms with Gasteiger partial charge in [0.05, 0.1) is 49.3 Å². The van der Waals surface area contributed by atoms with Gasteiger partial charge in [0, 0.05) is 57.1 Å². The standard InChI is InChI=1S/C27H38N2O5SSi.C19H30N2O5SSi.C11H15NO4S.C10H21NO2Si.C9H23NOSi.C8H9I.C6H15ClSi.C3Cl6O3.C3H9NO.3CH4.Na.H/c1-8-33-25(31)22-19(2)21-23(30)28(16-12-18-34-36(6,7)27(3,4)5)26(32)29(24(21)35-22)17-15-20-13-10-9-11-14-20;1-8-25-17(23)14-12(2)13-15(27-14)20-18(24)21(16(13)22)10-9-11-26-28(6,7)19(3,4)5;1-4-15-10(13)7-6(3)8(17-9(7)12)11(14)16-5-2;1-10(2,3)14(4,5)13-8-6-7-11-9-12;1-9(2,3)12(4,5)11-8-6-7-10;9-7-6-8-4-2-1-3-5-8;1-6(2,3)8(4,5)7;4-2(5,6)11-1(10)12-3(7,8)9;4-2-1-3-5;;;;;/h9-11,13-14H,8,12,15-18H2,1-7H3;8-11H2,1-7H3,(H,20,24);4-5,12H2,1-3H3;6-8H2,1-5H3;6-8,10H2,1-5H3;1-5H,6-7H2;1-5H3;;5H,1-4H2;3*1H4;;/q;;;;;;;;;;;;+1;-1. The Bertz CT molecular complexity index is 5240. The first-order valence-corrected chi connectivity index (χ1v) is 68.6. The first-order valence-electron chi connectivity index (χ1n) is 46.7. The minimum atomic E-state index is -2.24. The molecule has 2 aromatic carbocycles. The molecule has 29 nitrogen and oxygen atoms in total. The van der Waals surface area contributed by atoms with E-state index in [-0.39, 0.29) is 142 Å². The zero-order chi connectivity index (χ0) is 110. The SMILES string of the molecule is C.C.C.CC(C)(C)[Si](C)(C)Cl.CC(C)(C)[Si](C)(C)OCCCN.CC(C)(C)[Si](C)(C)OCCCN=C=O.CCOC(=O)c1sc(N)c(C(=O)OCC)c1C.CCOC(=O)c1sc2[nH]c(=O)n(CCCO[Si](C)(C)C(C)(C)C)c(=O)c2c1C.CCOC(=O)c1sc2c(c1C)c(=O)n(CCCO[Si](C)(C)C(C)(C)C)c(=O)n2CCc1ccccc1.ICCc1ccccc1.NCCCO.O=C(OC(Cl)(Cl)Cl)OC(Cl)(Cl)Cl.[H-].[Na+]. The number of aliphatic hydroxyl groups excluding tert-OH is 1. The van der Waals surface area contributed by atoms with E-state index in [9.17, 15) is 47.9 Å². The molecule has 46 heteroatoms. The molecule has 830 valence electrons. The number of benzene rings is 2. The molecule has 0 radical (unpaired) electrons. The van der Waals surface area contributed by atoms with Gasteiger partial charge in [-0.15, -0.1) is 34.0 Å². The van der Waals surface area contributed by atoms with Crippen molar-refractivity contribution in [3.63, 3.8) is 0 Å². The van der Waals surface area contributed by atoms with Crippen LogP contribution < -0.4 is 69.3 Å². The van der Waals surface area contributed by atoms with Gasteiger partial charge in [0.15, 0.2) is 40.7 Å². The Morgan fingerprint density at radius 2 is 0.821 bits per heavy atom. The first kappa shape index (κ1) is 152. The summed E-state index contributed by atoms with van der Waals surface area (Å²) in [6.45, 7) is 73.7. The number of hydrogen-bond donors (Lipinski definition) is 5. The van der Waals surface area contributed by atoms with Gasteiger partial charge in [0.2, 0.25) is 6.08 Å². The zero-order valence-electron chi connectivity index (χ0n) is 90.9. The summed E-state index contributed by atoms with van der Waals surface area (Å²) in [5.41, 5.74) is 19.0. The maximum absolute atomic E-state index is 13.6. The molecule has 7 aromatic rings. The van der Waals surface area contributed by atoms with Crippen molar-refractivity contribution in [3.05, 3.63) is 150 Å². The van der Waals surface area contributed by atoms with Gasteiger partial charge in [0.1, 0.15) is 29.3 Å². The number of nitrogens with one attached hydrogen (secondary N) is 1. The molecule has 0 atom stereocenters. The second-order valence-electron chi connectivity index (χ2n) is 39.7. The third kappa shape index (κ3) is 55.8. The molecule has 145 heavy (non-hydrogen) atoms. The maximum atomic E-state index is 13.6. The number of aryl methyl sites for hydroxylation is 5. The van der Waals surface area contributed by atoms with Crippen LogP contribution in [0.1, 0.15) is 255 Å². The van der Waals surface area contributed by atoms with E-state index in [0.717, 1.165) is 72.0 Å². The summed E-state index contributed by atoms with van der Waals surface area (Å²) in [6.07, 6.45) is 5.58. The topological polar surface area (TPSA) is 404 Å². The van der Waals surface area contributed by atoms with Gasteiger partial charge >= 0.3 is 78.9 Å². The predicted octanol–water partition coefficient (Wildman–Crippen LogP) is 24.1. The summed E-state index contributed by atoms with van der Waals surface area (Å²) >= 11 is 42.0. The second-order valence-corrected chi connectivity index (χ2v) is 74.7. The van der Waals surface area contributed by atoms with E-state index < -0.39 is 84.3 Å². The van der Waals surface area contributed by atoms with Gasteiger partial charge in [0.25, 0.3) is 11.1 Å². The summed E-state index contributed by atoms with van der Waals surface area (Å²) in [4.78, 5) is 129. The number of rotatable bonds is 34. The normalized spacial score (nSPS) is 11.7. The van der Waals surface area contributed by atoms with Crippen molar-refractivity contribution in [2.75, 3.05) is 89.3 Å². The Balaban J connectivity index is -0.000000314. The Kier molecular flexibility index (Phi) is 74.8. The number of isocyanates is 1. The molecule has 8 N–H and O–H groups in total. The van der Waals surface area contributed by atoms with Gasteiger partial charge in [-0.05, 0) is 281 Å². The number of ether oxygens (including phenoxy) is 6. The smallest absolute Gasteiger partial charge is 1.00 e. The molecule has 0 amide bonds. The van der Waals surface area contributed by atoms with Crippen LogP contribution in [0.4, 0.5) is 9.80 Å². The Morgan fingerprint density at radius 1 is 0.483 bits per heavy atom. The number of aliphatic hydroxyl groups is 1. The van der Waals surface area contributed by atoms with Crippen molar-refractivity contribution in [1.82, 2.24) is 18.7 Å². The molecule has 0 aliphatic heterocycles. The fourth-order valence-electron chi connectivity index (χ4n) is 10.2. The van der Waals surface area contributed by atoms with Crippen LogP contribution in [0.15, 0.2) is 84.8 Å². The average Bonchev–Trinajstić information content (AvgIpc) is 1.59. The first-order chi connectivity index (χ1) is 64.6. The van der Waals surface area contributed by atoms with Gasteiger partial charge < -0.3 is 69.9 Å². The number of alkyl halides is 7. The fourth-order valence-corrected chi connectivity index (χ4v) is 18.8. The number of aromatic amines is 1. The van der Waals surface area contributed by atoms with Gasteiger partial charge in [-0.3, -0.25) is 28.3 Å². The number of halogens is 8.